The van der Waals surface area contributed by atoms with E-state index in [0.29, 0.717) is 29.0 Å². The van der Waals surface area contributed by atoms with Crippen LogP contribution >= 0.6 is 0 Å². The number of anilines is 1. The fourth-order valence-electron chi connectivity index (χ4n) is 2.79. The summed E-state index contributed by atoms with van der Waals surface area (Å²) in [5.74, 6) is 0.728. The third-order valence-electron chi connectivity index (χ3n) is 4.26. The van der Waals surface area contributed by atoms with Crippen LogP contribution in [0.4, 0.5) is 5.82 Å². The number of ether oxygens (including phenoxy) is 1. The summed E-state index contributed by atoms with van der Waals surface area (Å²) in [6, 6.07) is 13.2. The highest BCUT2D eigenvalue weighted by Crippen LogP contribution is 2.26. The van der Waals surface area contributed by atoms with Crippen LogP contribution in [0.25, 0.3) is 22.3 Å². The molecule has 1 aromatic carbocycles. The minimum Gasteiger partial charge on any atom is -0.486 e. The SMILES string of the molecule is N#Cc1cc(-c2ccc(CN)nc2)ccc1COc1cc(N)nc2n[nH]nc12. The van der Waals surface area contributed by atoms with E-state index in [1.54, 1.807) is 12.3 Å². The van der Waals surface area contributed by atoms with E-state index < -0.39 is 0 Å². The van der Waals surface area contributed by atoms with Crippen molar-refractivity contribution in [3.05, 3.63) is 59.4 Å². The molecule has 0 saturated carbocycles. The highest BCUT2D eigenvalue weighted by Gasteiger charge is 2.12. The van der Waals surface area contributed by atoms with E-state index in [9.17, 15) is 5.26 Å². The zero-order valence-corrected chi connectivity index (χ0v) is 14.8. The first kappa shape index (κ1) is 17.4. The number of pyridine rings is 2. The second-order valence-corrected chi connectivity index (χ2v) is 6.06. The quantitative estimate of drug-likeness (QED) is 0.480. The summed E-state index contributed by atoms with van der Waals surface area (Å²) in [5.41, 5.74) is 16.1. The average molecular weight is 372 g/mol. The number of nitrogens with one attached hydrogen (secondary N) is 1. The van der Waals surface area contributed by atoms with Crippen molar-refractivity contribution in [2.45, 2.75) is 13.2 Å². The largest absolute Gasteiger partial charge is 0.486 e. The van der Waals surface area contributed by atoms with Crippen molar-refractivity contribution in [2.75, 3.05) is 5.73 Å². The molecule has 3 aromatic heterocycles. The summed E-state index contributed by atoms with van der Waals surface area (Å²) in [6.07, 6.45) is 1.75. The molecule has 0 saturated heterocycles. The number of nitriles is 1. The number of rotatable bonds is 5. The summed E-state index contributed by atoms with van der Waals surface area (Å²) in [5, 5.41) is 20.0. The molecular formula is C19H16N8O. The fourth-order valence-corrected chi connectivity index (χ4v) is 2.79. The van der Waals surface area contributed by atoms with Gasteiger partial charge >= 0.3 is 0 Å². The van der Waals surface area contributed by atoms with Gasteiger partial charge in [0.05, 0.1) is 17.3 Å². The highest BCUT2D eigenvalue weighted by atomic mass is 16.5. The molecule has 0 aliphatic carbocycles. The van der Waals surface area contributed by atoms with Crippen LogP contribution in [0, 0.1) is 11.3 Å². The third-order valence-corrected chi connectivity index (χ3v) is 4.26. The first-order chi connectivity index (χ1) is 13.7. The second-order valence-electron chi connectivity index (χ2n) is 6.06. The van der Waals surface area contributed by atoms with Crippen molar-refractivity contribution < 1.29 is 4.74 Å². The van der Waals surface area contributed by atoms with Crippen molar-refractivity contribution in [3.63, 3.8) is 0 Å². The van der Waals surface area contributed by atoms with Crippen molar-refractivity contribution >= 4 is 17.0 Å². The van der Waals surface area contributed by atoms with Gasteiger partial charge in [-0.1, -0.05) is 18.2 Å². The van der Waals surface area contributed by atoms with Gasteiger partial charge in [-0.2, -0.15) is 15.6 Å². The van der Waals surface area contributed by atoms with Crippen molar-refractivity contribution in [3.8, 4) is 22.9 Å². The number of nitrogen functional groups attached to an aromatic ring is 1. The summed E-state index contributed by atoms with van der Waals surface area (Å²) in [4.78, 5) is 8.36. The van der Waals surface area contributed by atoms with Crippen molar-refractivity contribution in [1.82, 2.24) is 25.4 Å². The lowest BCUT2D eigenvalue weighted by Gasteiger charge is -2.10. The number of aromatic nitrogens is 5. The van der Waals surface area contributed by atoms with Gasteiger partial charge in [0.25, 0.3) is 0 Å². The van der Waals surface area contributed by atoms with E-state index >= 15 is 0 Å². The summed E-state index contributed by atoms with van der Waals surface area (Å²) in [7, 11) is 0. The number of nitrogens with zero attached hydrogens (tertiary/aromatic N) is 5. The predicted molar refractivity (Wildman–Crippen MR) is 103 cm³/mol. The predicted octanol–water partition coefficient (Wildman–Crippen LogP) is 1.91. The smallest absolute Gasteiger partial charge is 0.207 e. The fraction of sp³-hybridized carbons (Fsp3) is 0.105. The molecule has 0 aliphatic heterocycles. The lowest BCUT2D eigenvalue weighted by molar-refractivity contribution is 0.309. The normalized spacial score (nSPS) is 10.7. The number of hydrogen-bond donors (Lipinski definition) is 3. The Balaban J connectivity index is 1.59. The molecule has 0 bridgehead atoms. The van der Waals surface area contributed by atoms with Crippen LogP contribution in [-0.2, 0) is 13.2 Å². The van der Waals surface area contributed by atoms with Crippen LogP contribution in [-0.4, -0.2) is 25.4 Å². The molecule has 0 unspecified atom stereocenters. The zero-order chi connectivity index (χ0) is 19.5. The maximum Gasteiger partial charge on any atom is 0.207 e. The highest BCUT2D eigenvalue weighted by molar-refractivity contribution is 5.78. The number of fused-ring (bicyclic) bond motifs is 1. The molecule has 0 amide bonds. The molecule has 28 heavy (non-hydrogen) atoms. The third kappa shape index (κ3) is 3.32. The van der Waals surface area contributed by atoms with E-state index in [1.165, 1.54) is 0 Å². The van der Waals surface area contributed by atoms with E-state index in [2.05, 4.69) is 31.4 Å². The molecule has 5 N–H and O–H groups in total. The van der Waals surface area contributed by atoms with Crippen LogP contribution in [0.3, 0.4) is 0 Å². The Morgan fingerprint density at radius 3 is 2.71 bits per heavy atom. The molecule has 9 nitrogen and oxygen atoms in total. The topological polar surface area (TPSA) is 152 Å². The number of benzene rings is 1. The molecule has 0 fully saturated rings. The Kier molecular flexibility index (Phi) is 4.53. The Hall–Kier alpha value is -4.03. The van der Waals surface area contributed by atoms with E-state index in [-0.39, 0.29) is 12.4 Å². The number of aromatic amines is 1. The van der Waals surface area contributed by atoms with Crippen molar-refractivity contribution in [1.29, 1.82) is 5.26 Å². The van der Waals surface area contributed by atoms with E-state index in [1.807, 2.05) is 30.3 Å². The summed E-state index contributed by atoms with van der Waals surface area (Å²) >= 11 is 0. The number of nitrogens with two attached hydrogens (primary N) is 2. The summed E-state index contributed by atoms with van der Waals surface area (Å²) in [6.45, 7) is 0.567. The minimum atomic E-state index is 0.180. The molecule has 0 aliphatic rings. The Labute approximate surface area is 160 Å². The van der Waals surface area contributed by atoms with Gasteiger partial charge in [0.1, 0.15) is 12.4 Å². The van der Waals surface area contributed by atoms with Gasteiger partial charge in [0, 0.05) is 29.9 Å². The molecule has 4 rings (SSSR count). The van der Waals surface area contributed by atoms with Crippen LogP contribution in [0.5, 0.6) is 5.75 Å². The first-order valence-electron chi connectivity index (χ1n) is 8.46. The maximum absolute atomic E-state index is 9.56. The second kappa shape index (κ2) is 7.30. The van der Waals surface area contributed by atoms with Crippen LogP contribution in [0.2, 0.25) is 0 Å². The van der Waals surface area contributed by atoms with Gasteiger partial charge < -0.3 is 16.2 Å². The van der Waals surface area contributed by atoms with Crippen molar-refractivity contribution in [2.24, 2.45) is 5.73 Å². The lowest BCUT2D eigenvalue weighted by Crippen LogP contribution is -2.01. The molecule has 0 spiro atoms. The number of hydrogen-bond acceptors (Lipinski definition) is 8. The monoisotopic (exact) mass is 372 g/mol. The molecular weight excluding hydrogens is 356 g/mol. The minimum absolute atomic E-state index is 0.180. The van der Waals surface area contributed by atoms with E-state index in [4.69, 9.17) is 16.2 Å². The lowest BCUT2D eigenvalue weighted by atomic mass is 10.0. The number of H-pyrrole nitrogens is 1. The van der Waals surface area contributed by atoms with Crippen LogP contribution < -0.4 is 16.2 Å². The Morgan fingerprint density at radius 1 is 1.11 bits per heavy atom. The van der Waals surface area contributed by atoms with Crippen LogP contribution in [0.1, 0.15) is 16.8 Å². The van der Waals surface area contributed by atoms with Gasteiger partial charge in [-0.25, -0.2) is 4.98 Å². The average Bonchev–Trinajstić information content (AvgIpc) is 3.20. The maximum atomic E-state index is 9.56. The molecule has 0 atom stereocenters. The molecule has 4 aromatic rings. The van der Waals surface area contributed by atoms with Gasteiger partial charge in [-0.05, 0) is 17.7 Å². The van der Waals surface area contributed by atoms with E-state index in [0.717, 1.165) is 22.4 Å². The molecule has 0 radical (unpaired) electrons. The first-order valence-corrected chi connectivity index (χ1v) is 8.46. The molecule has 138 valence electrons. The summed E-state index contributed by atoms with van der Waals surface area (Å²) < 4.78 is 5.84. The van der Waals surface area contributed by atoms with Crippen LogP contribution in [0.15, 0.2) is 42.6 Å². The molecule has 3 heterocycles. The Bertz CT molecular complexity index is 1180. The van der Waals surface area contributed by atoms with Gasteiger partial charge in [0.2, 0.25) is 5.65 Å². The Morgan fingerprint density at radius 2 is 1.96 bits per heavy atom. The molecule has 9 heteroatoms. The van der Waals surface area contributed by atoms with Gasteiger partial charge in [0.15, 0.2) is 11.3 Å². The van der Waals surface area contributed by atoms with Gasteiger partial charge in [-0.3, -0.25) is 4.98 Å². The zero-order valence-electron chi connectivity index (χ0n) is 14.8. The standard InChI is InChI=1S/C19H16N8O/c20-7-14-5-11(12-3-4-15(8-21)23-9-12)1-2-13(14)10-28-16-6-17(22)24-19-18(16)25-27-26-19/h1-6,9H,8,10,21H2,(H3,22,24,25,26,27). The van der Waals surface area contributed by atoms with Gasteiger partial charge in [-0.15, -0.1) is 5.10 Å².